The summed E-state index contributed by atoms with van der Waals surface area (Å²) in [6.07, 6.45) is 0.306. The van der Waals surface area contributed by atoms with Crippen molar-refractivity contribution in [1.29, 1.82) is 5.26 Å². The standard InChI is InChI=1S/C13H13N3O4/c1-3-11(10(7-14)13(17)18)15-9-4-5-12(16(19)20)8(2)6-9/h4-6,10H,3H2,1-2H3,(H,17,18). The van der Waals surface area contributed by atoms with Crippen LogP contribution in [0.1, 0.15) is 18.9 Å². The van der Waals surface area contributed by atoms with Crippen molar-refractivity contribution in [2.45, 2.75) is 20.3 Å². The minimum Gasteiger partial charge on any atom is -0.480 e. The summed E-state index contributed by atoms with van der Waals surface area (Å²) in [7, 11) is 0. The summed E-state index contributed by atoms with van der Waals surface area (Å²) in [6, 6.07) is 5.91. The summed E-state index contributed by atoms with van der Waals surface area (Å²) >= 11 is 0. The number of nitriles is 1. The van der Waals surface area contributed by atoms with Crippen molar-refractivity contribution in [2.75, 3.05) is 0 Å². The molecular formula is C13H13N3O4. The van der Waals surface area contributed by atoms with Crippen LogP contribution < -0.4 is 0 Å². The molecule has 0 heterocycles. The van der Waals surface area contributed by atoms with Crippen LogP contribution in [-0.4, -0.2) is 21.7 Å². The first-order valence-electron chi connectivity index (χ1n) is 5.85. The van der Waals surface area contributed by atoms with Crippen LogP contribution in [-0.2, 0) is 4.79 Å². The third-order valence-corrected chi connectivity index (χ3v) is 2.72. The molecule has 0 saturated heterocycles. The van der Waals surface area contributed by atoms with Crippen molar-refractivity contribution in [3.63, 3.8) is 0 Å². The Bertz CT molecular complexity index is 617. The van der Waals surface area contributed by atoms with E-state index in [1.807, 2.05) is 0 Å². The van der Waals surface area contributed by atoms with E-state index >= 15 is 0 Å². The van der Waals surface area contributed by atoms with Gasteiger partial charge in [-0.1, -0.05) is 6.92 Å². The van der Waals surface area contributed by atoms with Crippen molar-refractivity contribution >= 4 is 23.1 Å². The van der Waals surface area contributed by atoms with Gasteiger partial charge in [0.2, 0.25) is 0 Å². The van der Waals surface area contributed by atoms with Gasteiger partial charge in [0, 0.05) is 17.3 Å². The zero-order chi connectivity index (χ0) is 15.3. The number of nitrogens with zero attached hydrogens (tertiary/aromatic N) is 3. The number of carbonyl (C=O) groups is 1. The third kappa shape index (κ3) is 3.38. The number of hydrogen-bond acceptors (Lipinski definition) is 5. The highest BCUT2D eigenvalue weighted by Gasteiger charge is 2.22. The molecule has 104 valence electrons. The predicted octanol–water partition coefficient (Wildman–Crippen LogP) is 2.61. The van der Waals surface area contributed by atoms with Crippen LogP contribution in [0.3, 0.4) is 0 Å². The van der Waals surface area contributed by atoms with E-state index in [0.717, 1.165) is 0 Å². The van der Waals surface area contributed by atoms with Crippen LogP contribution in [0.2, 0.25) is 0 Å². The third-order valence-electron chi connectivity index (χ3n) is 2.72. The van der Waals surface area contributed by atoms with E-state index in [2.05, 4.69) is 4.99 Å². The van der Waals surface area contributed by atoms with Crippen LogP contribution in [0.25, 0.3) is 0 Å². The van der Waals surface area contributed by atoms with Crippen molar-refractivity contribution in [1.82, 2.24) is 0 Å². The highest BCUT2D eigenvalue weighted by atomic mass is 16.6. The Balaban J connectivity index is 3.21. The number of nitro benzene ring substituents is 1. The molecule has 1 unspecified atom stereocenters. The molecule has 20 heavy (non-hydrogen) atoms. The van der Waals surface area contributed by atoms with E-state index in [0.29, 0.717) is 17.7 Å². The van der Waals surface area contributed by atoms with Gasteiger partial charge in [0.1, 0.15) is 0 Å². The van der Waals surface area contributed by atoms with Gasteiger partial charge in [-0.2, -0.15) is 5.26 Å². The molecule has 0 aliphatic carbocycles. The molecule has 0 fully saturated rings. The van der Waals surface area contributed by atoms with Gasteiger partial charge in [0.15, 0.2) is 5.92 Å². The number of rotatable bonds is 5. The van der Waals surface area contributed by atoms with E-state index in [-0.39, 0.29) is 11.4 Å². The van der Waals surface area contributed by atoms with E-state index in [9.17, 15) is 14.9 Å². The number of aliphatic imine (C=N–C) groups is 1. The summed E-state index contributed by atoms with van der Waals surface area (Å²) in [4.78, 5) is 25.3. The number of hydrogen-bond donors (Lipinski definition) is 1. The molecule has 0 bridgehead atoms. The second-order valence-electron chi connectivity index (χ2n) is 4.08. The maximum absolute atomic E-state index is 10.9. The van der Waals surface area contributed by atoms with E-state index < -0.39 is 16.8 Å². The van der Waals surface area contributed by atoms with Gasteiger partial charge in [-0.15, -0.1) is 0 Å². The molecule has 0 radical (unpaired) electrons. The fourth-order valence-electron chi connectivity index (χ4n) is 1.70. The summed E-state index contributed by atoms with van der Waals surface area (Å²) in [5, 5.41) is 28.5. The van der Waals surface area contributed by atoms with Crippen LogP contribution in [0.4, 0.5) is 11.4 Å². The Kier molecular flexibility index (Phi) is 4.92. The Morgan fingerprint density at radius 1 is 1.60 bits per heavy atom. The maximum Gasteiger partial charge on any atom is 0.326 e. The number of benzene rings is 1. The number of aliphatic carboxylic acids is 1. The van der Waals surface area contributed by atoms with Crippen molar-refractivity contribution in [3.8, 4) is 6.07 Å². The number of carboxylic acid groups (broad SMARTS) is 1. The molecule has 0 saturated carbocycles. The molecular weight excluding hydrogens is 262 g/mol. The average Bonchev–Trinajstić information content (AvgIpc) is 2.37. The average molecular weight is 275 g/mol. The van der Waals surface area contributed by atoms with E-state index in [4.69, 9.17) is 10.4 Å². The van der Waals surface area contributed by atoms with Gasteiger partial charge in [-0.3, -0.25) is 19.9 Å². The lowest BCUT2D eigenvalue weighted by molar-refractivity contribution is -0.385. The molecule has 0 aliphatic rings. The molecule has 1 N–H and O–H groups in total. The van der Waals surface area contributed by atoms with Gasteiger partial charge in [-0.05, 0) is 25.5 Å². The SMILES string of the molecule is CCC(=Nc1ccc([N+](=O)[O-])c(C)c1)C(C#N)C(=O)O. The molecule has 0 amide bonds. The Hall–Kier alpha value is -2.75. The Labute approximate surface area is 115 Å². The second-order valence-corrected chi connectivity index (χ2v) is 4.08. The zero-order valence-corrected chi connectivity index (χ0v) is 11.0. The van der Waals surface area contributed by atoms with Crippen LogP contribution in [0.15, 0.2) is 23.2 Å². The monoisotopic (exact) mass is 275 g/mol. The number of nitro groups is 1. The zero-order valence-electron chi connectivity index (χ0n) is 11.0. The predicted molar refractivity (Wildman–Crippen MR) is 72.0 cm³/mol. The highest BCUT2D eigenvalue weighted by molar-refractivity contribution is 6.04. The van der Waals surface area contributed by atoms with Crippen molar-refractivity contribution in [2.24, 2.45) is 10.9 Å². The van der Waals surface area contributed by atoms with Gasteiger partial charge < -0.3 is 5.11 Å². The molecule has 1 atom stereocenters. The van der Waals surface area contributed by atoms with Crippen LogP contribution in [0.5, 0.6) is 0 Å². The topological polar surface area (TPSA) is 117 Å². The quantitative estimate of drug-likeness (QED) is 0.503. The van der Waals surface area contributed by atoms with Crippen LogP contribution >= 0.6 is 0 Å². The van der Waals surface area contributed by atoms with Gasteiger partial charge in [-0.25, -0.2) is 0 Å². The fraction of sp³-hybridized carbons (Fsp3) is 0.308. The summed E-state index contributed by atoms with van der Waals surface area (Å²) in [6.45, 7) is 3.27. The molecule has 7 nitrogen and oxygen atoms in total. The van der Waals surface area contributed by atoms with Crippen molar-refractivity contribution < 1.29 is 14.8 Å². The molecule has 1 aromatic rings. The Morgan fingerprint density at radius 3 is 2.65 bits per heavy atom. The minimum atomic E-state index is -1.31. The fourth-order valence-corrected chi connectivity index (χ4v) is 1.70. The Morgan fingerprint density at radius 2 is 2.25 bits per heavy atom. The summed E-state index contributed by atoms with van der Waals surface area (Å²) in [5.41, 5.74) is 1.01. The first kappa shape index (κ1) is 15.3. The first-order chi connectivity index (χ1) is 9.40. The van der Waals surface area contributed by atoms with Crippen molar-refractivity contribution in [3.05, 3.63) is 33.9 Å². The molecule has 1 aromatic carbocycles. The first-order valence-corrected chi connectivity index (χ1v) is 5.85. The lowest BCUT2D eigenvalue weighted by Crippen LogP contribution is -2.21. The number of carboxylic acids is 1. The molecule has 7 heteroatoms. The maximum atomic E-state index is 10.9. The molecule has 1 rings (SSSR count). The smallest absolute Gasteiger partial charge is 0.326 e. The summed E-state index contributed by atoms with van der Waals surface area (Å²) < 4.78 is 0. The minimum absolute atomic E-state index is 0.0305. The summed E-state index contributed by atoms with van der Waals surface area (Å²) in [5.74, 6) is -2.57. The molecule has 0 aliphatic heterocycles. The van der Waals surface area contributed by atoms with Gasteiger partial charge >= 0.3 is 5.97 Å². The molecule has 0 spiro atoms. The van der Waals surface area contributed by atoms with E-state index in [1.54, 1.807) is 19.9 Å². The van der Waals surface area contributed by atoms with Gasteiger partial charge in [0.05, 0.1) is 16.7 Å². The lowest BCUT2D eigenvalue weighted by atomic mass is 10.0. The second kappa shape index (κ2) is 6.43. The van der Waals surface area contributed by atoms with Gasteiger partial charge in [0.25, 0.3) is 5.69 Å². The molecule has 0 aromatic heterocycles. The lowest BCUT2D eigenvalue weighted by Gasteiger charge is -2.07. The largest absolute Gasteiger partial charge is 0.480 e. The normalized spacial score (nSPS) is 12.6. The number of aryl methyl sites for hydroxylation is 1. The van der Waals surface area contributed by atoms with Crippen LogP contribution in [0, 0.1) is 34.3 Å². The highest BCUT2D eigenvalue weighted by Crippen LogP contribution is 2.24. The van der Waals surface area contributed by atoms with E-state index in [1.165, 1.54) is 18.2 Å².